The maximum atomic E-state index is 13.2. The van der Waals surface area contributed by atoms with Crippen LogP contribution in [0.4, 0.5) is 0 Å². The highest BCUT2D eigenvalue weighted by Gasteiger charge is 2.45. The predicted octanol–water partition coefficient (Wildman–Crippen LogP) is -0.278. The topological polar surface area (TPSA) is 178 Å². The molecule has 4 N–H and O–H groups in total. The molecule has 37 heavy (non-hydrogen) atoms. The first kappa shape index (κ1) is 30.5. The van der Waals surface area contributed by atoms with Crippen molar-refractivity contribution < 1.29 is 58.5 Å². The zero-order chi connectivity index (χ0) is 27.7. The van der Waals surface area contributed by atoms with Crippen LogP contribution in [0, 0.1) is 5.92 Å². The number of aliphatic hydroxyl groups is 4. The maximum Gasteiger partial charge on any atom is 0.320 e. The van der Waals surface area contributed by atoms with Gasteiger partial charge in [0.25, 0.3) is 0 Å². The summed E-state index contributed by atoms with van der Waals surface area (Å²) in [6, 6.07) is 4.69. The van der Waals surface area contributed by atoms with Crippen LogP contribution in [0.5, 0.6) is 11.5 Å². The van der Waals surface area contributed by atoms with Gasteiger partial charge in [-0.05, 0) is 31.5 Å². The van der Waals surface area contributed by atoms with E-state index in [-0.39, 0.29) is 19.6 Å². The van der Waals surface area contributed by atoms with Crippen molar-refractivity contribution in [2.75, 3.05) is 34.0 Å². The fourth-order valence-corrected chi connectivity index (χ4v) is 4.30. The van der Waals surface area contributed by atoms with Gasteiger partial charge in [-0.25, -0.2) is 0 Å². The van der Waals surface area contributed by atoms with Gasteiger partial charge in [0.15, 0.2) is 17.4 Å². The Hall–Kier alpha value is -2.77. The van der Waals surface area contributed by atoms with Crippen molar-refractivity contribution in [1.82, 2.24) is 0 Å². The summed E-state index contributed by atoms with van der Waals surface area (Å²) in [6.45, 7) is 2.50. The lowest BCUT2D eigenvalue weighted by atomic mass is 9.80. The van der Waals surface area contributed by atoms with Gasteiger partial charge in [-0.2, -0.15) is 0 Å². The van der Waals surface area contributed by atoms with Crippen LogP contribution < -0.4 is 9.47 Å². The molecule has 0 aromatic heterocycles. The molecule has 1 heterocycles. The van der Waals surface area contributed by atoms with Crippen molar-refractivity contribution in [3.8, 4) is 11.5 Å². The summed E-state index contributed by atoms with van der Waals surface area (Å²) >= 11 is 0. The van der Waals surface area contributed by atoms with Crippen LogP contribution >= 0.6 is 0 Å². The second-order valence-corrected chi connectivity index (χ2v) is 8.52. The molecule has 1 aliphatic rings. The summed E-state index contributed by atoms with van der Waals surface area (Å²) in [6.07, 6.45) is -8.02. The fraction of sp³-hybridized carbons (Fsp3) is 0.640. The van der Waals surface area contributed by atoms with Gasteiger partial charge in [-0.15, -0.1) is 0 Å². The zero-order valence-corrected chi connectivity index (χ0v) is 21.4. The smallest absolute Gasteiger partial charge is 0.320 e. The lowest BCUT2D eigenvalue weighted by Crippen LogP contribution is -2.58. The molecule has 0 bridgehead atoms. The fourth-order valence-electron chi connectivity index (χ4n) is 4.30. The number of ketones is 1. The number of hydrogen-bond acceptors (Lipinski definition) is 12. The highest BCUT2D eigenvalue weighted by atomic mass is 16.6. The van der Waals surface area contributed by atoms with E-state index in [4.69, 9.17) is 23.7 Å². The number of aliphatic hydroxyl groups excluding tert-OH is 4. The van der Waals surface area contributed by atoms with Crippen molar-refractivity contribution in [2.45, 2.75) is 63.1 Å². The second kappa shape index (κ2) is 14.2. The van der Waals surface area contributed by atoms with Crippen molar-refractivity contribution in [1.29, 1.82) is 0 Å². The average molecular weight is 529 g/mol. The molecule has 0 saturated carbocycles. The molecule has 0 spiro atoms. The Labute approximate surface area is 215 Å². The largest absolute Gasteiger partial charge is 0.493 e. The van der Waals surface area contributed by atoms with Gasteiger partial charge in [0.2, 0.25) is 0 Å². The van der Waals surface area contributed by atoms with Gasteiger partial charge in [0, 0.05) is 18.8 Å². The van der Waals surface area contributed by atoms with Gasteiger partial charge < -0.3 is 44.1 Å². The summed E-state index contributed by atoms with van der Waals surface area (Å²) in [4.78, 5) is 39.0. The normalized spacial score (nSPS) is 24.3. The lowest BCUT2D eigenvalue weighted by molar-refractivity contribution is -0.229. The number of methoxy groups -OCH3 is 2. The standard InChI is InChI=1S/C25H36O12/c1-5-35-24(31)20(25(32)36-6-2)15(13-7-8-16(33-3)17(9-13)34-4)10-14(27)11-18-21(28)23(30)22(29)19(12-26)37-18/h7-9,15,18-23,26,28-30H,5-6,10-12H2,1-4H3/t15?,18-,19+,21-,22+,23+/m0/s1. The first-order chi connectivity index (χ1) is 17.6. The number of carbonyl (C=O) groups is 3. The van der Waals surface area contributed by atoms with Crippen LogP contribution in [0.3, 0.4) is 0 Å². The Bertz CT molecular complexity index is 899. The number of Topliss-reactive ketones (excluding diaryl/α,β-unsaturated/α-hetero) is 1. The molecule has 12 nitrogen and oxygen atoms in total. The number of benzene rings is 1. The van der Waals surface area contributed by atoms with E-state index in [1.54, 1.807) is 26.0 Å². The van der Waals surface area contributed by atoms with E-state index in [0.29, 0.717) is 17.1 Å². The third-order valence-corrected chi connectivity index (χ3v) is 6.19. The first-order valence-electron chi connectivity index (χ1n) is 12.0. The molecule has 208 valence electrons. The minimum atomic E-state index is -1.64. The van der Waals surface area contributed by atoms with Gasteiger partial charge in [0.05, 0.1) is 40.1 Å². The lowest BCUT2D eigenvalue weighted by Gasteiger charge is -2.40. The number of hydrogen-bond donors (Lipinski definition) is 4. The molecule has 2 rings (SSSR count). The number of rotatable bonds is 13. The SMILES string of the molecule is CCOC(=O)C(C(=O)OCC)C(CC(=O)C[C@@H]1O[C@H](CO)[C@@H](O)[C@H](O)[C@H]1O)c1ccc(OC)c(OC)c1. The molecule has 1 aliphatic heterocycles. The number of esters is 2. The Kier molecular flexibility index (Phi) is 11.7. The van der Waals surface area contributed by atoms with Crippen LogP contribution in [0.25, 0.3) is 0 Å². The molecular formula is C25H36O12. The van der Waals surface area contributed by atoms with Gasteiger partial charge in [-0.3, -0.25) is 14.4 Å². The number of ether oxygens (including phenoxy) is 5. The van der Waals surface area contributed by atoms with Gasteiger partial charge in [0.1, 0.15) is 30.2 Å². The van der Waals surface area contributed by atoms with Crippen molar-refractivity contribution >= 4 is 17.7 Å². The molecule has 0 aliphatic carbocycles. The van der Waals surface area contributed by atoms with E-state index >= 15 is 0 Å². The Morgan fingerprint density at radius 2 is 1.46 bits per heavy atom. The molecule has 6 atom stereocenters. The Morgan fingerprint density at radius 3 is 1.97 bits per heavy atom. The molecule has 1 fully saturated rings. The maximum absolute atomic E-state index is 13.2. The highest BCUT2D eigenvalue weighted by Crippen LogP contribution is 2.37. The highest BCUT2D eigenvalue weighted by molar-refractivity contribution is 5.97. The second-order valence-electron chi connectivity index (χ2n) is 8.52. The van der Waals surface area contributed by atoms with E-state index in [9.17, 15) is 34.8 Å². The van der Waals surface area contributed by atoms with Crippen LogP contribution in [0.1, 0.15) is 38.2 Å². The minimum absolute atomic E-state index is 0.00773. The van der Waals surface area contributed by atoms with E-state index in [1.165, 1.54) is 20.3 Å². The Morgan fingerprint density at radius 1 is 0.892 bits per heavy atom. The van der Waals surface area contributed by atoms with E-state index in [1.807, 2.05) is 0 Å². The molecule has 1 aromatic carbocycles. The third-order valence-electron chi connectivity index (χ3n) is 6.19. The molecule has 1 saturated heterocycles. The first-order valence-corrected chi connectivity index (χ1v) is 12.0. The molecular weight excluding hydrogens is 492 g/mol. The average Bonchev–Trinajstić information content (AvgIpc) is 2.88. The summed E-state index contributed by atoms with van der Waals surface area (Å²) < 4.78 is 26.3. The van der Waals surface area contributed by atoms with Crippen LogP contribution in [-0.4, -0.2) is 103 Å². The molecule has 1 unspecified atom stereocenters. The summed E-state index contributed by atoms with van der Waals surface area (Å²) in [5, 5.41) is 39.8. The third kappa shape index (κ3) is 7.39. The van der Waals surface area contributed by atoms with Crippen molar-refractivity contribution in [3.05, 3.63) is 23.8 Å². The van der Waals surface area contributed by atoms with E-state index in [2.05, 4.69) is 0 Å². The summed E-state index contributed by atoms with van der Waals surface area (Å²) in [7, 11) is 2.86. The van der Waals surface area contributed by atoms with E-state index in [0.717, 1.165) is 0 Å². The quantitative estimate of drug-likeness (QED) is 0.195. The van der Waals surface area contributed by atoms with Crippen molar-refractivity contribution in [3.63, 3.8) is 0 Å². The minimum Gasteiger partial charge on any atom is -0.493 e. The molecule has 0 amide bonds. The summed E-state index contributed by atoms with van der Waals surface area (Å²) in [5.41, 5.74) is 0.394. The molecule has 1 aromatic rings. The van der Waals surface area contributed by atoms with Crippen LogP contribution in [-0.2, 0) is 28.6 Å². The Balaban J connectivity index is 2.43. The van der Waals surface area contributed by atoms with Crippen LogP contribution in [0.15, 0.2) is 18.2 Å². The zero-order valence-electron chi connectivity index (χ0n) is 21.4. The van der Waals surface area contributed by atoms with Crippen molar-refractivity contribution in [2.24, 2.45) is 5.92 Å². The van der Waals surface area contributed by atoms with Gasteiger partial charge in [-0.1, -0.05) is 6.07 Å². The van der Waals surface area contributed by atoms with Crippen LogP contribution in [0.2, 0.25) is 0 Å². The van der Waals surface area contributed by atoms with Gasteiger partial charge >= 0.3 is 11.9 Å². The predicted molar refractivity (Wildman–Crippen MR) is 127 cm³/mol. The molecule has 12 heteroatoms. The number of carbonyl (C=O) groups excluding carboxylic acids is 3. The monoisotopic (exact) mass is 528 g/mol. The molecule has 0 radical (unpaired) electrons. The summed E-state index contributed by atoms with van der Waals surface area (Å²) in [5.74, 6) is -4.11. The van der Waals surface area contributed by atoms with E-state index < -0.39 is 73.1 Å².